The highest BCUT2D eigenvalue weighted by Gasteiger charge is 2.22. The summed E-state index contributed by atoms with van der Waals surface area (Å²) in [7, 11) is 0. The molecule has 1 aromatic carbocycles. The van der Waals surface area contributed by atoms with Crippen molar-refractivity contribution in [1.82, 2.24) is 10.2 Å². The maximum atomic E-state index is 11.6. The largest absolute Gasteiger partial charge is 0.486 e. The summed E-state index contributed by atoms with van der Waals surface area (Å²) in [6.45, 7) is 5.47. The van der Waals surface area contributed by atoms with Gasteiger partial charge in [0.05, 0.1) is 5.02 Å². The summed E-state index contributed by atoms with van der Waals surface area (Å²) in [6.07, 6.45) is 1.66. The van der Waals surface area contributed by atoms with Gasteiger partial charge in [-0.05, 0) is 31.0 Å². The van der Waals surface area contributed by atoms with Crippen molar-refractivity contribution in [2.75, 3.05) is 26.3 Å². The third kappa shape index (κ3) is 3.47. The molecule has 1 N–H and O–H groups in total. The fourth-order valence-electron chi connectivity index (χ4n) is 2.85. The summed E-state index contributed by atoms with van der Waals surface area (Å²) < 4.78 is 11.1. The van der Waals surface area contributed by atoms with Crippen LogP contribution in [0.2, 0.25) is 5.02 Å². The lowest BCUT2D eigenvalue weighted by Gasteiger charge is -2.23. The van der Waals surface area contributed by atoms with Crippen LogP contribution in [0.25, 0.3) is 0 Å². The van der Waals surface area contributed by atoms with Gasteiger partial charge in [0.25, 0.3) is 0 Å². The van der Waals surface area contributed by atoms with E-state index in [4.69, 9.17) is 21.1 Å². The van der Waals surface area contributed by atoms with E-state index in [9.17, 15) is 4.79 Å². The fourth-order valence-corrected chi connectivity index (χ4v) is 3.14. The number of carbonyl (C=O) groups is 1. The van der Waals surface area contributed by atoms with Crippen LogP contribution in [0.5, 0.6) is 11.5 Å². The lowest BCUT2D eigenvalue weighted by atomic mass is 10.1. The molecule has 2 heterocycles. The molecule has 120 valence electrons. The van der Waals surface area contributed by atoms with Crippen molar-refractivity contribution in [3.63, 3.8) is 0 Å². The van der Waals surface area contributed by atoms with Crippen molar-refractivity contribution in [2.24, 2.45) is 0 Å². The molecule has 0 spiro atoms. The highest BCUT2D eigenvalue weighted by molar-refractivity contribution is 6.32. The summed E-state index contributed by atoms with van der Waals surface area (Å²) in [4.78, 5) is 13.6. The lowest BCUT2D eigenvalue weighted by molar-refractivity contribution is -0.127. The van der Waals surface area contributed by atoms with Crippen LogP contribution in [0.3, 0.4) is 0 Å². The van der Waals surface area contributed by atoms with Gasteiger partial charge < -0.3 is 19.7 Å². The maximum Gasteiger partial charge on any atom is 0.222 e. The third-order valence-electron chi connectivity index (χ3n) is 3.98. The first-order valence-corrected chi connectivity index (χ1v) is 8.10. The van der Waals surface area contributed by atoms with Gasteiger partial charge >= 0.3 is 0 Å². The number of nitrogens with one attached hydrogen (secondary N) is 1. The third-order valence-corrected chi connectivity index (χ3v) is 4.26. The number of amides is 1. The van der Waals surface area contributed by atoms with E-state index in [1.165, 1.54) is 0 Å². The van der Waals surface area contributed by atoms with Crippen molar-refractivity contribution in [1.29, 1.82) is 0 Å². The number of ether oxygens (including phenoxy) is 2. The highest BCUT2D eigenvalue weighted by Crippen LogP contribution is 2.38. The Morgan fingerprint density at radius 1 is 1.36 bits per heavy atom. The van der Waals surface area contributed by atoms with E-state index in [2.05, 4.69) is 12.2 Å². The minimum absolute atomic E-state index is 0.231. The highest BCUT2D eigenvalue weighted by atomic mass is 35.5. The van der Waals surface area contributed by atoms with Gasteiger partial charge in [-0.2, -0.15) is 0 Å². The molecule has 3 rings (SSSR count). The fraction of sp³-hybridized carbons (Fsp3) is 0.562. The van der Waals surface area contributed by atoms with Crippen LogP contribution >= 0.6 is 11.6 Å². The molecule has 6 heteroatoms. The summed E-state index contributed by atoms with van der Waals surface area (Å²) in [6, 6.07) is 4.09. The topological polar surface area (TPSA) is 50.8 Å². The Hall–Kier alpha value is -1.46. The number of hydrogen-bond donors (Lipinski definition) is 1. The van der Waals surface area contributed by atoms with Crippen LogP contribution < -0.4 is 14.8 Å². The summed E-state index contributed by atoms with van der Waals surface area (Å²) in [5.74, 6) is 1.60. The van der Waals surface area contributed by atoms with Crippen LogP contribution in [0.1, 0.15) is 25.3 Å². The van der Waals surface area contributed by atoms with E-state index in [0.29, 0.717) is 42.7 Å². The molecule has 5 nitrogen and oxygen atoms in total. The van der Waals surface area contributed by atoms with Gasteiger partial charge in [-0.25, -0.2) is 0 Å². The second-order valence-corrected chi connectivity index (χ2v) is 6.23. The summed E-state index contributed by atoms with van der Waals surface area (Å²) in [5.41, 5.74) is 1.05. The molecule has 0 bridgehead atoms. The number of benzene rings is 1. The van der Waals surface area contributed by atoms with E-state index < -0.39 is 0 Å². The molecule has 22 heavy (non-hydrogen) atoms. The van der Waals surface area contributed by atoms with Gasteiger partial charge in [0.1, 0.15) is 13.2 Å². The van der Waals surface area contributed by atoms with Gasteiger partial charge in [0, 0.05) is 32.1 Å². The van der Waals surface area contributed by atoms with Crippen LogP contribution in [-0.2, 0) is 11.3 Å². The zero-order valence-electron chi connectivity index (χ0n) is 12.7. The molecule has 0 radical (unpaired) electrons. The molecule has 0 saturated carbocycles. The SMILES string of the molecule is C[C@@H](CN1CCCC1=O)NCc1cc(Cl)c2c(c1)OCCO2. The van der Waals surface area contributed by atoms with Crippen LogP contribution in [-0.4, -0.2) is 43.2 Å². The first kappa shape index (κ1) is 15.4. The first-order valence-electron chi connectivity index (χ1n) is 7.72. The number of likely N-dealkylation sites (tertiary alicyclic amines) is 1. The van der Waals surface area contributed by atoms with E-state index in [-0.39, 0.29) is 11.9 Å². The second-order valence-electron chi connectivity index (χ2n) is 5.83. The van der Waals surface area contributed by atoms with E-state index in [0.717, 1.165) is 25.1 Å². The smallest absolute Gasteiger partial charge is 0.222 e. The Bertz CT molecular complexity index is 565. The Kier molecular flexibility index (Phi) is 4.74. The minimum atomic E-state index is 0.231. The molecular weight excluding hydrogens is 304 g/mol. The van der Waals surface area contributed by atoms with E-state index in [1.54, 1.807) is 0 Å². The van der Waals surface area contributed by atoms with Gasteiger partial charge in [-0.3, -0.25) is 4.79 Å². The van der Waals surface area contributed by atoms with Gasteiger partial charge in [0.2, 0.25) is 5.91 Å². The van der Waals surface area contributed by atoms with E-state index in [1.807, 2.05) is 17.0 Å². The average molecular weight is 325 g/mol. The first-order chi connectivity index (χ1) is 10.6. The predicted octanol–water partition coefficient (Wildman–Crippen LogP) is 2.21. The lowest BCUT2D eigenvalue weighted by Crippen LogP contribution is -2.39. The molecule has 1 fully saturated rings. The van der Waals surface area contributed by atoms with Gasteiger partial charge in [-0.1, -0.05) is 11.6 Å². The van der Waals surface area contributed by atoms with Crippen molar-refractivity contribution in [3.8, 4) is 11.5 Å². The zero-order chi connectivity index (χ0) is 15.5. The number of carbonyl (C=O) groups excluding carboxylic acids is 1. The van der Waals surface area contributed by atoms with Crippen LogP contribution in [0, 0.1) is 0 Å². The molecule has 1 saturated heterocycles. The Morgan fingerprint density at radius 3 is 2.95 bits per heavy atom. The van der Waals surface area contributed by atoms with E-state index >= 15 is 0 Å². The predicted molar refractivity (Wildman–Crippen MR) is 84.6 cm³/mol. The zero-order valence-corrected chi connectivity index (χ0v) is 13.5. The monoisotopic (exact) mass is 324 g/mol. The standard InChI is InChI=1S/C16H21ClN2O3/c1-11(10-19-4-2-3-15(19)20)18-9-12-7-13(17)16-14(8-12)21-5-6-22-16/h7-8,11,18H,2-6,9-10H2,1H3/t11-/m0/s1. The molecule has 2 aliphatic rings. The number of rotatable bonds is 5. The van der Waals surface area contributed by atoms with Crippen molar-refractivity contribution < 1.29 is 14.3 Å². The Balaban J connectivity index is 1.57. The normalized spacial score (nSPS) is 18.6. The second kappa shape index (κ2) is 6.75. The van der Waals surface area contributed by atoms with Crippen LogP contribution in [0.4, 0.5) is 0 Å². The number of nitrogens with zero attached hydrogens (tertiary/aromatic N) is 1. The van der Waals surface area contributed by atoms with Gasteiger partial charge in [0.15, 0.2) is 11.5 Å². The van der Waals surface area contributed by atoms with Crippen molar-refractivity contribution in [3.05, 3.63) is 22.7 Å². The molecule has 1 aromatic rings. The minimum Gasteiger partial charge on any atom is -0.486 e. The summed E-state index contributed by atoms with van der Waals surface area (Å²) >= 11 is 6.23. The number of hydrogen-bond acceptors (Lipinski definition) is 4. The molecule has 0 unspecified atom stereocenters. The molecular formula is C16H21ClN2O3. The summed E-state index contributed by atoms with van der Waals surface area (Å²) in [5, 5.41) is 4.01. The molecule has 1 amide bonds. The Morgan fingerprint density at radius 2 is 2.18 bits per heavy atom. The Labute approximate surface area is 135 Å². The van der Waals surface area contributed by atoms with Gasteiger partial charge in [-0.15, -0.1) is 0 Å². The maximum absolute atomic E-state index is 11.6. The quantitative estimate of drug-likeness (QED) is 0.902. The average Bonchev–Trinajstić information content (AvgIpc) is 2.90. The van der Waals surface area contributed by atoms with Crippen LogP contribution in [0.15, 0.2) is 12.1 Å². The van der Waals surface area contributed by atoms with Crippen molar-refractivity contribution in [2.45, 2.75) is 32.4 Å². The number of halogens is 1. The molecule has 2 aliphatic heterocycles. The van der Waals surface area contributed by atoms with Crippen molar-refractivity contribution >= 4 is 17.5 Å². The molecule has 1 atom stereocenters. The molecule has 0 aromatic heterocycles. The molecule has 0 aliphatic carbocycles. The number of fused-ring (bicyclic) bond motifs is 1.